The Morgan fingerprint density at radius 2 is 2.28 bits per heavy atom. The van der Waals surface area contributed by atoms with Crippen LogP contribution in [0.2, 0.25) is 0 Å². The molecule has 3 rings (SSSR count). The van der Waals surface area contributed by atoms with E-state index in [0.29, 0.717) is 22.3 Å². The summed E-state index contributed by atoms with van der Waals surface area (Å²) in [6, 6.07) is 4.93. The number of aromatic nitrogens is 1. The number of aromatic hydroxyl groups is 1. The van der Waals surface area contributed by atoms with Gasteiger partial charge in [0.25, 0.3) is 0 Å². The van der Waals surface area contributed by atoms with E-state index in [1.807, 2.05) is 0 Å². The number of phenols is 1. The maximum Gasteiger partial charge on any atom is 0.350 e. The number of hydrogen-bond acceptors (Lipinski definition) is 5. The van der Waals surface area contributed by atoms with Crippen molar-refractivity contribution < 1.29 is 15.0 Å². The van der Waals surface area contributed by atoms with Crippen LogP contribution >= 0.6 is 22.2 Å². The molecule has 94 valence electrons. The Labute approximate surface area is 109 Å². The van der Waals surface area contributed by atoms with Crippen LogP contribution in [0.1, 0.15) is 5.01 Å². The molecule has 1 aliphatic heterocycles. The number of benzene rings is 1. The lowest BCUT2D eigenvalue weighted by molar-refractivity contribution is 0.222. The van der Waals surface area contributed by atoms with Crippen molar-refractivity contribution in [3.05, 3.63) is 23.2 Å². The van der Waals surface area contributed by atoms with Crippen molar-refractivity contribution in [3.63, 3.8) is 0 Å². The molecule has 18 heavy (non-hydrogen) atoms. The van der Waals surface area contributed by atoms with Crippen LogP contribution in [0.15, 0.2) is 23.2 Å². The van der Waals surface area contributed by atoms with Crippen molar-refractivity contribution in [1.82, 2.24) is 4.98 Å². The normalized spacial score (nSPS) is 21.1. The topological polar surface area (TPSA) is 82.8 Å². The first kappa shape index (κ1) is 11.5. The first-order valence-corrected chi connectivity index (χ1v) is 7.64. The number of hydrogen-bond donors (Lipinski definition) is 3. The highest BCUT2D eigenvalue weighted by molar-refractivity contribution is 8.41. The van der Waals surface area contributed by atoms with Gasteiger partial charge in [-0.3, -0.25) is 4.99 Å². The van der Waals surface area contributed by atoms with Gasteiger partial charge in [-0.25, -0.2) is 9.78 Å². The lowest BCUT2D eigenvalue weighted by atomic mass is 10.3. The SMILES string of the molecule is O=C(O)[SH]1CCN=C1c1nc2ccc(O)cc2s1. The molecule has 1 unspecified atom stereocenters. The molecule has 0 spiro atoms. The van der Waals surface area contributed by atoms with Crippen LogP contribution in [0.25, 0.3) is 10.2 Å². The minimum absolute atomic E-state index is 0.187. The first-order chi connectivity index (χ1) is 8.65. The molecule has 7 heteroatoms. The molecule has 1 atom stereocenters. The predicted octanol–water partition coefficient (Wildman–Crippen LogP) is 2.44. The average molecular weight is 282 g/mol. The van der Waals surface area contributed by atoms with Gasteiger partial charge in [-0.05, 0) is 18.2 Å². The van der Waals surface area contributed by atoms with Gasteiger partial charge in [-0.2, -0.15) is 0 Å². The van der Waals surface area contributed by atoms with Crippen LogP contribution < -0.4 is 0 Å². The molecule has 2 N–H and O–H groups in total. The van der Waals surface area contributed by atoms with Crippen molar-refractivity contribution in [2.75, 3.05) is 12.3 Å². The van der Waals surface area contributed by atoms with Gasteiger partial charge in [-0.15, -0.1) is 22.2 Å². The van der Waals surface area contributed by atoms with Crippen molar-refractivity contribution in [2.24, 2.45) is 4.99 Å². The number of thiol groups is 1. The quantitative estimate of drug-likeness (QED) is 0.702. The van der Waals surface area contributed by atoms with E-state index in [9.17, 15) is 9.90 Å². The maximum atomic E-state index is 11.1. The third-order valence-corrected chi connectivity index (χ3v) is 5.78. The highest BCUT2D eigenvalue weighted by atomic mass is 32.2. The van der Waals surface area contributed by atoms with Gasteiger partial charge >= 0.3 is 5.30 Å². The van der Waals surface area contributed by atoms with Gasteiger partial charge in [0.2, 0.25) is 0 Å². The van der Waals surface area contributed by atoms with Crippen LogP contribution in [0.3, 0.4) is 0 Å². The second-order valence-electron chi connectivity index (χ2n) is 3.81. The maximum absolute atomic E-state index is 11.1. The summed E-state index contributed by atoms with van der Waals surface area (Å²) < 4.78 is 0.847. The van der Waals surface area contributed by atoms with E-state index >= 15 is 0 Å². The monoisotopic (exact) mass is 282 g/mol. The number of carbonyl (C=O) groups is 1. The van der Waals surface area contributed by atoms with E-state index in [2.05, 4.69) is 9.98 Å². The molecular formula is C11H10N2O3S2. The Hall–Kier alpha value is -1.60. The minimum atomic E-state index is -1.24. The van der Waals surface area contributed by atoms with Crippen molar-refractivity contribution in [2.45, 2.75) is 0 Å². The smallest absolute Gasteiger partial charge is 0.350 e. The third kappa shape index (κ3) is 1.85. The molecule has 5 nitrogen and oxygen atoms in total. The molecule has 0 bridgehead atoms. The number of fused-ring (bicyclic) bond motifs is 1. The fourth-order valence-electron chi connectivity index (χ4n) is 1.83. The summed E-state index contributed by atoms with van der Waals surface area (Å²) in [6.07, 6.45) is 0. The third-order valence-electron chi connectivity index (χ3n) is 2.64. The molecule has 0 saturated heterocycles. The summed E-state index contributed by atoms with van der Waals surface area (Å²) in [7, 11) is -1.24. The zero-order valence-electron chi connectivity index (χ0n) is 9.20. The first-order valence-electron chi connectivity index (χ1n) is 5.30. The Bertz CT molecular complexity index is 665. The number of thiazole rings is 1. The van der Waals surface area contributed by atoms with E-state index in [4.69, 9.17) is 5.11 Å². The van der Waals surface area contributed by atoms with Gasteiger partial charge in [-0.1, -0.05) is 0 Å². The molecule has 0 fully saturated rings. The number of rotatable bonds is 1. The van der Waals surface area contributed by atoms with E-state index in [1.165, 1.54) is 11.3 Å². The zero-order valence-corrected chi connectivity index (χ0v) is 10.9. The van der Waals surface area contributed by atoms with Crippen LogP contribution in [-0.2, 0) is 0 Å². The molecule has 2 heterocycles. The minimum Gasteiger partial charge on any atom is -0.508 e. The molecule has 0 radical (unpaired) electrons. The second-order valence-corrected chi connectivity index (χ2v) is 6.95. The van der Waals surface area contributed by atoms with Crippen LogP contribution in [0.4, 0.5) is 4.79 Å². The van der Waals surface area contributed by atoms with Crippen molar-refractivity contribution in [3.8, 4) is 5.75 Å². The Kier molecular flexibility index (Phi) is 2.71. The van der Waals surface area contributed by atoms with Crippen molar-refractivity contribution in [1.29, 1.82) is 0 Å². The van der Waals surface area contributed by atoms with Gasteiger partial charge in [0.1, 0.15) is 15.8 Å². The summed E-state index contributed by atoms with van der Waals surface area (Å²) in [6.45, 7) is 0.564. The van der Waals surface area contributed by atoms with E-state index in [0.717, 1.165) is 10.2 Å². The fourth-order valence-corrected chi connectivity index (χ4v) is 4.63. The van der Waals surface area contributed by atoms with Gasteiger partial charge in [0.05, 0.1) is 10.2 Å². The molecule has 1 aliphatic rings. The molecular weight excluding hydrogens is 272 g/mol. The van der Waals surface area contributed by atoms with E-state index in [1.54, 1.807) is 18.2 Å². The Morgan fingerprint density at radius 3 is 3.06 bits per heavy atom. The van der Waals surface area contributed by atoms with Gasteiger partial charge in [0.15, 0.2) is 0 Å². The molecule has 0 saturated carbocycles. The van der Waals surface area contributed by atoms with E-state index in [-0.39, 0.29) is 5.75 Å². The lowest BCUT2D eigenvalue weighted by Crippen LogP contribution is -2.06. The summed E-state index contributed by atoms with van der Waals surface area (Å²) in [5, 5.41) is 19.1. The van der Waals surface area contributed by atoms with E-state index < -0.39 is 16.2 Å². The van der Waals surface area contributed by atoms with Crippen molar-refractivity contribution >= 4 is 42.8 Å². The predicted molar refractivity (Wildman–Crippen MR) is 74.6 cm³/mol. The second kappa shape index (κ2) is 4.25. The molecule has 2 aromatic rings. The molecule has 0 amide bonds. The Morgan fingerprint density at radius 1 is 1.44 bits per heavy atom. The largest absolute Gasteiger partial charge is 0.508 e. The summed E-state index contributed by atoms with van der Waals surface area (Å²) in [5.74, 6) is 0.785. The Balaban J connectivity index is 2.07. The van der Waals surface area contributed by atoms with Gasteiger partial charge < -0.3 is 10.2 Å². The average Bonchev–Trinajstić information content (AvgIpc) is 2.93. The molecule has 0 aliphatic carbocycles. The number of aliphatic imine (C=N–C) groups is 1. The summed E-state index contributed by atoms with van der Waals surface area (Å²) in [4.78, 5) is 19.8. The van der Waals surface area contributed by atoms with Crippen LogP contribution in [-0.4, -0.2) is 37.8 Å². The highest BCUT2D eigenvalue weighted by Gasteiger charge is 2.27. The molecule has 1 aromatic carbocycles. The standard InChI is InChI=1S/C11H10N2O3S2/c14-6-1-2-7-8(5-6)17-9(13-7)10-12-3-4-18(10)11(15)16/h1-2,5,14,18H,3-4H2,(H,15,16). The highest BCUT2D eigenvalue weighted by Crippen LogP contribution is 2.38. The lowest BCUT2D eigenvalue weighted by Gasteiger charge is -2.08. The number of phenolic OH excluding ortho intramolecular Hbond substituents is 1. The summed E-state index contributed by atoms with van der Waals surface area (Å²) in [5.41, 5.74) is 0.766. The van der Waals surface area contributed by atoms with Crippen LogP contribution in [0, 0.1) is 0 Å². The molecule has 1 aromatic heterocycles. The number of nitrogens with zero attached hydrogens (tertiary/aromatic N) is 2. The fraction of sp³-hybridized carbons (Fsp3) is 0.182. The van der Waals surface area contributed by atoms with Crippen LogP contribution in [0.5, 0.6) is 5.75 Å². The number of carboxylic acid groups (broad SMARTS) is 1. The zero-order chi connectivity index (χ0) is 12.7. The van der Waals surface area contributed by atoms with Gasteiger partial charge in [0, 0.05) is 12.3 Å². The summed E-state index contributed by atoms with van der Waals surface area (Å²) >= 11 is 1.38.